The number of furan rings is 1. The van der Waals surface area contributed by atoms with Crippen LogP contribution in [0.3, 0.4) is 0 Å². The summed E-state index contributed by atoms with van der Waals surface area (Å²) < 4.78 is 8.72. The van der Waals surface area contributed by atoms with E-state index in [0.717, 1.165) is 77.7 Å². The van der Waals surface area contributed by atoms with Gasteiger partial charge in [0.05, 0.1) is 39.4 Å². The van der Waals surface area contributed by atoms with Crippen LogP contribution in [0.4, 0.5) is 0 Å². The molecule has 0 atom stereocenters. The predicted molar refractivity (Wildman–Crippen MR) is 187 cm³/mol. The minimum atomic E-state index is 0.622. The first-order chi connectivity index (χ1) is 22.7. The van der Waals surface area contributed by atoms with Crippen molar-refractivity contribution in [1.82, 2.24) is 9.55 Å². The second-order valence-electron chi connectivity index (χ2n) is 11.5. The zero-order chi connectivity index (χ0) is 30.6. The van der Waals surface area contributed by atoms with Gasteiger partial charge >= 0.3 is 0 Å². The Morgan fingerprint density at radius 3 is 2.11 bits per heavy atom. The van der Waals surface area contributed by atoms with Crippen LogP contribution in [0.1, 0.15) is 5.56 Å². The van der Waals surface area contributed by atoms with Gasteiger partial charge in [-0.1, -0.05) is 84.9 Å². The highest BCUT2D eigenvalue weighted by molar-refractivity contribution is 6.24. The second kappa shape index (κ2) is 10.3. The summed E-state index contributed by atoms with van der Waals surface area (Å²) in [6.45, 7) is 0. The maximum absolute atomic E-state index is 9.72. The van der Waals surface area contributed by atoms with Crippen LogP contribution >= 0.6 is 0 Å². The summed E-state index contributed by atoms with van der Waals surface area (Å²) in [5, 5.41) is 14.2. The van der Waals surface area contributed by atoms with Crippen molar-refractivity contribution in [3.8, 4) is 45.4 Å². The smallest absolute Gasteiger partial charge is 0.137 e. The molecule has 0 bridgehead atoms. The molecule has 0 aliphatic rings. The van der Waals surface area contributed by atoms with Crippen molar-refractivity contribution in [2.24, 2.45) is 0 Å². The minimum Gasteiger partial charge on any atom is -0.456 e. The Morgan fingerprint density at radius 2 is 1.24 bits per heavy atom. The molecular formula is C42H25N3O. The molecule has 0 aliphatic heterocycles. The van der Waals surface area contributed by atoms with Gasteiger partial charge in [-0.2, -0.15) is 5.26 Å². The molecular weight excluding hydrogens is 562 g/mol. The Balaban J connectivity index is 1.38. The SMILES string of the molecule is N#Cc1cccc(-c2cc(-c3cccc(-c4ccccc4)n3)cc(-n3c4ccccc4c4ccc5oc6ccccc6c5c43)c2)c1. The van der Waals surface area contributed by atoms with Gasteiger partial charge in [-0.3, -0.25) is 0 Å². The predicted octanol–water partition coefficient (Wildman–Crippen LogP) is 11.0. The Hall–Kier alpha value is -6.44. The van der Waals surface area contributed by atoms with Gasteiger partial charge in [0.15, 0.2) is 0 Å². The van der Waals surface area contributed by atoms with Crippen LogP contribution in [0.5, 0.6) is 0 Å². The van der Waals surface area contributed by atoms with Crippen LogP contribution in [-0.2, 0) is 0 Å². The molecule has 0 aliphatic carbocycles. The van der Waals surface area contributed by atoms with E-state index >= 15 is 0 Å². The summed E-state index contributed by atoms with van der Waals surface area (Å²) in [5.41, 5.74) is 11.4. The average Bonchev–Trinajstić information content (AvgIpc) is 3.68. The molecule has 0 N–H and O–H groups in total. The third kappa shape index (κ3) is 4.11. The van der Waals surface area contributed by atoms with Crippen molar-refractivity contribution in [3.63, 3.8) is 0 Å². The number of rotatable bonds is 4. The molecule has 6 aromatic carbocycles. The molecule has 0 amide bonds. The molecule has 0 radical (unpaired) electrons. The van der Waals surface area contributed by atoms with E-state index in [4.69, 9.17) is 9.40 Å². The van der Waals surface area contributed by atoms with Gasteiger partial charge in [-0.15, -0.1) is 0 Å². The van der Waals surface area contributed by atoms with Crippen LogP contribution in [0.2, 0.25) is 0 Å². The molecule has 0 saturated heterocycles. The lowest BCUT2D eigenvalue weighted by Gasteiger charge is -2.15. The quantitative estimate of drug-likeness (QED) is 0.206. The number of fused-ring (bicyclic) bond motifs is 7. The number of benzene rings is 6. The van der Waals surface area contributed by atoms with E-state index in [2.05, 4.69) is 108 Å². The van der Waals surface area contributed by atoms with Gasteiger partial charge in [0.1, 0.15) is 11.2 Å². The number of pyridine rings is 1. The van der Waals surface area contributed by atoms with Crippen molar-refractivity contribution < 1.29 is 4.42 Å². The molecule has 9 rings (SSSR count). The molecule has 4 nitrogen and oxygen atoms in total. The summed E-state index contributed by atoms with van der Waals surface area (Å²) in [4.78, 5) is 5.13. The Kier molecular flexibility index (Phi) is 5.84. The first kappa shape index (κ1) is 26.0. The number of nitrogens with zero attached hydrogens (tertiary/aromatic N) is 3. The van der Waals surface area contributed by atoms with E-state index in [1.165, 1.54) is 5.39 Å². The zero-order valence-electron chi connectivity index (χ0n) is 24.7. The third-order valence-corrected chi connectivity index (χ3v) is 8.79. The van der Waals surface area contributed by atoms with Crippen molar-refractivity contribution in [3.05, 3.63) is 157 Å². The average molecular weight is 588 g/mol. The lowest BCUT2D eigenvalue weighted by atomic mass is 9.98. The van der Waals surface area contributed by atoms with Gasteiger partial charge in [0.2, 0.25) is 0 Å². The summed E-state index contributed by atoms with van der Waals surface area (Å²) >= 11 is 0. The van der Waals surface area contributed by atoms with E-state index < -0.39 is 0 Å². The molecule has 46 heavy (non-hydrogen) atoms. The van der Waals surface area contributed by atoms with Crippen LogP contribution in [0, 0.1) is 11.3 Å². The summed E-state index contributed by atoms with van der Waals surface area (Å²) in [5.74, 6) is 0. The Bertz CT molecular complexity index is 2660. The highest BCUT2D eigenvalue weighted by atomic mass is 16.3. The van der Waals surface area contributed by atoms with Crippen LogP contribution in [0.15, 0.2) is 156 Å². The molecule has 0 fully saturated rings. The molecule has 0 unspecified atom stereocenters. The lowest BCUT2D eigenvalue weighted by molar-refractivity contribution is 0.669. The number of aromatic nitrogens is 2. The number of nitriles is 1. The number of hydrogen-bond acceptors (Lipinski definition) is 3. The van der Waals surface area contributed by atoms with Gasteiger partial charge in [0.25, 0.3) is 0 Å². The fourth-order valence-corrected chi connectivity index (χ4v) is 6.72. The molecule has 0 spiro atoms. The van der Waals surface area contributed by atoms with Gasteiger partial charge < -0.3 is 8.98 Å². The van der Waals surface area contributed by atoms with E-state index in [-0.39, 0.29) is 0 Å². The molecule has 214 valence electrons. The largest absolute Gasteiger partial charge is 0.456 e. The van der Waals surface area contributed by atoms with E-state index in [1.54, 1.807) is 0 Å². The monoisotopic (exact) mass is 587 g/mol. The fourth-order valence-electron chi connectivity index (χ4n) is 6.72. The Labute approximate surface area is 265 Å². The van der Waals surface area contributed by atoms with Crippen molar-refractivity contribution in [1.29, 1.82) is 5.26 Å². The van der Waals surface area contributed by atoms with Gasteiger partial charge in [-0.05, 0) is 77.9 Å². The van der Waals surface area contributed by atoms with Crippen molar-refractivity contribution in [2.45, 2.75) is 0 Å². The maximum Gasteiger partial charge on any atom is 0.137 e. The maximum atomic E-state index is 9.72. The van der Waals surface area contributed by atoms with Crippen molar-refractivity contribution >= 4 is 43.7 Å². The second-order valence-corrected chi connectivity index (χ2v) is 11.5. The fraction of sp³-hybridized carbons (Fsp3) is 0. The summed E-state index contributed by atoms with van der Waals surface area (Å²) in [7, 11) is 0. The first-order valence-electron chi connectivity index (χ1n) is 15.3. The first-order valence-corrected chi connectivity index (χ1v) is 15.3. The van der Waals surface area contributed by atoms with E-state index in [1.807, 2.05) is 54.6 Å². The van der Waals surface area contributed by atoms with Crippen LogP contribution in [-0.4, -0.2) is 9.55 Å². The third-order valence-electron chi connectivity index (χ3n) is 8.79. The molecule has 9 aromatic rings. The molecule has 4 heteroatoms. The molecule has 3 heterocycles. The standard InChI is InChI=1S/C42H25N3O/c43-26-27-10-8-13-29(22-27)30-23-31(37-17-9-16-36(44-37)28-11-2-1-3-12-28)25-32(24-30)45-38-18-6-4-14-33(38)34-20-21-40-41(42(34)45)35-15-5-7-19-39(35)46-40/h1-25H. The van der Waals surface area contributed by atoms with Crippen LogP contribution in [0.25, 0.3) is 83.1 Å². The zero-order valence-corrected chi connectivity index (χ0v) is 24.7. The van der Waals surface area contributed by atoms with Crippen LogP contribution < -0.4 is 0 Å². The number of hydrogen-bond donors (Lipinski definition) is 0. The minimum absolute atomic E-state index is 0.622. The summed E-state index contributed by atoms with van der Waals surface area (Å²) in [6, 6.07) is 54.2. The number of para-hydroxylation sites is 2. The normalized spacial score (nSPS) is 11.5. The highest BCUT2D eigenvalue weighted by Crippen LogP contribution is 2.42. The summed E-state index contributed by atoms with van der Waals surface area (Å²) in [6.07, 6.45) is 0. The highest BCUT2D eigenvalue weighted by Gasteiger charge is 2.20. The van der Waals surface area contributed by atoms with Gasteiger partial charge in [-0.25, -0.2) is 4.98 Å². The molecule has 0 saturated carbocycles. The van der Waals surface area contributed by atoms with Crippen molar-refractivity contribution in [2.75, 3.05) is 0 Å². The van der Waals surface area contributed by atoms with E-state index in [9.17, 15) is 5.26 Å². The van der Waals surface area contributed by atoms with Gasteiger partial charge in [0, 0.05) is 33.0 Å². The molecule has 3 aromatic heterocycles. The Morgan fingerprint density at radius 1 is 0.522 bits per heavy atom. The lowest BCUT2D eigenvalue weighted by Crippen LogP contribution is -1.97. The topological polar surface area (TPSA) is 54.8 Å². The van der Waals surface area contributed by atoms with E-state index in [0.29, 0.717) is 5.56 Å².